The van der Waals surface area contributed by atoms with Crippen molar-refractivity contribution >= 4 is 40.0 Å². The molecule has 3 nitrogen and oxygen atoms in total. The predicted molar refractivity (Wildman–Crippen MR) is 116 cm³/mol. The summed E-state index contributed by atoms with van der Waals surface area (Å²) in [5.74, 6) is -0.0354. The van der Waals surface area contributed by atoms with Gasteiger partial charge in [0.05, 0.1) is 26.8 Å². The van der Waals surface area contributed by atoms with Gasteiger partial charge in [-0.1, -0.05) is 73.2 Å². The number of para-hydroxylation sites is 1. The van der Waals surface area contributed by atoms with Crippen LogP contribution in [0.5, 0.6) is 0 Å². The second-order valence-electron chi connectivity index (χ2n) is 7.36. The van der Waals surface area contributed by atoms with Crippen molar-refractivity contribution in [2.75, 3.05) is 0 Å². The Morgan fingerprint density at radius 1 is 0.929 bits per heavy atom. The molecule has 0 saturated heterocycles. The zero-order valence-electron chi connectivity index (χ0n) is 15.6. The zero-order chi connectivity index (χ0) is 19.5. The summed E-state index contributed by atoms with van der Waals surface area (Å²) >= 11 is 12.2. The predicted octanol–water partition coefficient (Wildman–Crippen LogP) is 6.66. The third-order valence-corrected chi connectivity index (χ3v) is 6.11. The Bertz CT molecular complexity index is 1010. The number of amides is 1. The molecule has 0 spiro atoms. The molecule has 3 aromatic rings. The third kappa shape index (κ3) is 4.16. The van der Waals surface area contributed by atoms with Gasteiger partial charge >= 0.3 is 0 Å². The smallest absolute Gasteiger partial charge is 0.252 e. The number of nitrogens with one attached hydrogen (secondary N) is 1. The lowest BCUT2D eigenvalue weighted by Gasteiger charge is -2.17. The summed E-state index contributed by atoms with van der Waals surface area (Å²) in [6, 6.07) is 15.3. The van der Waals surface area contributed by atoms with E-state index < -0.39 is 0 Å². The molecule has 144 valence electrons. The highest BCUT2D eigenvalue weighted by Gasteiger charge is 2.19. The second-order valence-corrected chi connectivity index (χ2v) is 8.18. The maximum absolute atomic E-state index is 13.2. The van der Waals surface area contributed by atoms with Gasteiger partial charge in [0.1, 0.15) is 0 Å². The van der Waals surface area contributed by atoms with Crippen LogP contribution in [-0.4, -0.2) is 16.9 Å². The van der Waals surface area contributed by atoms with Crippen molar-refractivity contribution in [3.63, 3.8) is 0 Å². The van der Waals surface area contributed by atoms with Crippen LogP contribution >= 0.6 is 23.2 Å². The molecule has 1 heterocycles. The average Bonchev–Trinajstić information content (AvgIpc) is 2.98. The number of pyridine rings is 1. The molecule has 1 aromatic heterocycles. The molecular formula is C23H22Cl2N2O. The molecule has 28 heavy (non-hydrogen) atoms. The van der Waals surface area contributed by atoms with Gasteiger partial charge in [-0.2, -0.15) is 0 Å². The van der Waals surface area contributed by atoms with Gasteiger partial charge < -0.3 is 5.32 Å². The number of carbonyl (C=O) groups is 1. The van der Waals surface area contributed by atoms with E-state index in [1.165, 1.54) is 25.7 Å². The van der Waals surface area contributed by atoms with E-state index in [-0.39, 0.29) is 11.9 Å². The number of fused-ring (bicyclic) bond motifs is 1. The summed E-state index contributed by atoms with van der Waals surface area (Å²) in [5.41, 5.74) is 2.99. The fourth-order valence-electron chi connectivity index (χ4n) is 3.85. The summed E-state index contributed by atoms with van der Waals surface area (Å²) in [7, 11) is 0. The first kappa shape index (κ1) is 19.2. The summed E-state index contributed by atoms with van der Waals surface area (Å²) in [6.45, 7) is 0. The standard InChI is InChI=1S/C23H22Cl2N2O/c24-19-12-11-15(13-20(19)25)22-14-18(17-9-5-6-10-21(17)27-22)23(28)26-16-7-3-1-2-4-8-16/h5-6,9-14,16H,1-4,7-8H2,(H,26,28). The van der Waals surface area contributed by atoms with E-state index in [1.807, 2.05) is 36.4 Å². The molecule has 0 atom stereocenters. The molecule has 1 N–H and O–H groups in total. The Labute approximate surface area is 175 Å². The Morgan fingerprint density at radius 2 is 1.68 bits per heavy atom. The van der Waals surface area contributed by atoms with Gasteiger partial charge in [-0.3, -0.25) is 4.79 Å². The summed E-state index contributed by atoms with van der Waals surface area (Å²) in [5, 5.41) is 5.08. The molecule has 0 unspecified atom stereocenters. The molecule has 0 bridgehead atoms. The lowest BCUT2D eigenvalue weighted by Crippen LogP contribution is -2.34. The highest BCUT2D eigenvalue weighted by molar-refractivity contribution is 6.42. The highest BCUT2D eigenvalue weighted by Crippen LogP contribution is 2.30. The minimum absolute atomic E-state index is 0.0354. The molecule has 1 fully saturated rings. The molecule has 5 heteroatoms. The Balaban J connectivity index is 1.73. The van der Waals surface area contributed by atoms with Gasteiger partial charge in [0.15, 0.2) is 0 Å². The lowest BCUT2D eigenvalue weighted by atomic mass is 10.0. The lowest BCUT2D eigenvalue weighted by molar-refractivity contribution is 0.0935. The highest BCUT2D eigenvalue weighted by atomic mass is 35.5. The van der Waals surface area contributed by atoms with Crippen molar-refractivity contribution in [3.05, 3.63) is 64.1 Å². The Morgan fingerprint density at radius 3 is 2.43 bits per heavy atom. The number of aromatic nitrogens is 1. The largest absolute Gasteiger partial charge is 0.349 e. The van der Waals surface area contributed by atoms with Crippen LogP contribution in [-0.2, 0) is 0 Å². The SMILES string of the molecule is O=C(NC1CCCCCC1)c1cc(-c2ccc(Cl)c(Cl)c2)nc2ccccc12. The topological polar surface area (TPSA) is 42.0 Å². The van der Waals surface area contributed by atoms with Crippen LogP contribution in [0.3, 0.4) is 0 Å². The monoisotopic (exact) mass is 412 g/mol. The van der Waals surface area contributed by atoms with Crippen molar-refractivity contribution in [1.82, 2.24) is 10.3 Å². The number of hydrogen-bond donors (Lipinski definition) is 1. The van der Waals surface area contributed by atoms with Gasteiger partial charge in [-0.25, -0.2) is 4.98 Å². The van der Waals surface area contributed by atoms with E-state index in [2.05, 4.69) is 5.32 Å². The fraction of sp³-hybridized carbons (Fsp3) is 0.304. The number of benzene rings is 2. The van der Waals surface area contributed by atoms with Crippen LogP contribution in [0.2, 0.25) is 10.0 Å². The molecule has 4 rings (SSSR count). The molecule has 1 aliphatic carbocycles. The number of hydrogen-bond acceptors (Lipinski definition) is 2. The maximum Gasteiger partial charge on any atom is 0.252 e. The first-order valence-electron chi connectivity index (χ1n) is 9.78. The van der Waals surface area contributed by atoms with Crippen LogP contribution in [0.1, 0.15) is 48.9 Å². The van der Waals surface area contributed by atoms with Crippen LogP contribution in [0.4, 0.5) is 0 Å². The third-order valence-electron chi connectivity index (χ3n) is 5.37. The van der Waals surface area contributed by atoms with E-state index in [9.17, 15) is 4.79 Å². The summed E-state index contributed by atoms with van der Waals surface area (Å²) in [4.78, 5) is 17.9. The van der Waals surface area contributed by atoms with Crippen molar-refractivity contribution in [2.24, 2.45) is 0 Å². The van der Waals surface area contributed by atoms with Gasteiger partial charge in [-0.15, -0.1) is 0 Å². The molecule has 1 amide bonds. The first-order valence-corrected chi connectivity index (χ1v) is 10.5. The average molecular weight is 413 g/mol. The van der Waals surface area contributed by atoms with Crippen molar-refractivity contribution in [1.29, 1.82) is 0 Å². The van der Waals surface area contributed by atoms with E-state index in [1.54, 1.807) is 12.1 Å². The zero-order valence-corrected chi connectivity index (χ0v) is 17.1. The van der Waals surface area contributed by atoms with Crippen LogP contribution in [0, 0.1) is 0 Å². The van der Waals surface area contributed by atoms with Gasteiger partial charge in [0.2, 0.25) is 0 Å². The Hall–Kier alpha value is -2.10. The second kappa shape index (κ2) is 8.50. The van der Waals surface area contributed by atoms with Crippen LogP contribution in [0.25, 0.3) is 22.2 Å². The summed E-state index contributed by atoms with van der Waals surface area (Å²) < 4.78 is 0. The first-order chi connectivity index (χ1) is 13.6. The molecule has 0 radical (unpaired) electrons. The quantitative estimate of drug-likeness (QED) is 0.488. The molecule has 1 saturated carbocycles. The van der Waals surface area contributed by atoms with Crippen LogP contribution in [0.15, 0.2) is 48.5 Å². The number of carbonyl (C=O) groups excluding carboxylic acids is 1. The number of nitrogens with zero attached hydrogens (tertiary/aromatic N) is 1. The fourth-order valence-corrected chi connectivity index (χ4v) is 4.15. The minimum atomic E-state index is -0.0354. The summed E-state index contributed by atoms with van der Waals surface area (Å²) in [6.07, 6.45) is 6.97. The number of rotatable bonds is 3. The Kier molecular flexibility index (Phi) is 5.84. The van der Waals surface area contributed by atoms with Crippen molar-refractivity contribution in [3.8, 4) is 11.3 Å². The normalized spacial score (nSPS) is 15.4. The minimum Gasteiger partial charge on any atom is -0.349 e. The van der Waals surface area contributed by atoms with Crippen molar-refractivity contribution < 1.29 is 4.79 Å². The van der Waals surface area contributed by atoms with E-state index in [0.717, 1.165) is 29.3 Å². The molecule has 1 aliphatic rings. The molecule has 0 aliphatic heterocycles. The van der Waals surface area contributed by atoms with E-state index in [0.29, 0.717) is 21.3 Å². The number of halogens is 2. The molecule has 2 aromatic carbocycles. The van der Waals surface area contributed by atoms with E-state index in [4.69, 9.17) is 28.2 Å². The maximum atomic E-state index is 13.2. The van der Waals surface area contributed by atoms with Crippen molar-refractivity contribution in [2.45, 2.75) is 44.6 Å². The van der Waals surface area contributed by atoms with Crippen LogP contribution < -0.4 is 5.32 Å². The van der Waals surface area contributed by atoms with E-state index >= 15 is 0 Å². The van der Waals surface area contributed by atoms with Gasteiger partial charge in [-0.05, 0) is 37.1 Å². The molecular weight excluding hydrogens is 391 g/mol. The van der Waals surface area contributed by atoms with Gasteiger partial charge in [0.25, 0.3) is 5.91 Å². The van der Waals surface area contributed by atoms with Gasteiger partial charge in [0, 0.05) is 17.0 Å².